The summed E-state index contributed by atoms with van der Waals surface area (Å²) in [7, 11) is 0. The Kier molecular flexibility index (Phi) is 2.50. The third-order valence-electron chi connectivity index (χ3n) is 2.29. The molecule has 0 aliphatic heterocycles. The fourth-order valence-electron chi connectivity index (χ4n) is 1.51. The molecule has 0 amide bonds. The van der Waals surface area contributed by atoms with E-state index in [1.165, 1.54) is 6.07 Å². The molecule has 0 aromatic heterocycles. The van der Waals surface area contributed by atoms with Gasteiger partial charge in [-0.1, -0.05) is 30.3 Å². The summed E-state index contributed by atoms with van der Waals surface area (Å²) in [6.07, 6.45) is 0. The molecule has 0 atom stereocenters. The number of benzene rings is 2. The predicted octanol–water partition coefficient (Wildman–Crippen LogP) is 3.74. The molecular formula is C13H9F2. The predicted molar refractivity (Wildman–Crippen MR) is 55.4 cm³/mol. The molecule has 2 heteroatoms. The highest BCUT2D eigenvalue weighted by atomic mass is 19.2. The normalized spacial score (nSPS) is 10.3. The molecule has 2 aromatic rings. The van der Waals surface area contributed by atoms with Crippen molar-refractivity contribution in [3.8, 4) is 11.1 Å². The van der Waals surface area contributed by atoms with Gasteiger partial charge in [0, 0.05) is 5.56 Å². The molecule has 0 aliphatic carbocycles. The second-order valence-corrected chi connectivity index (χ2v) is 3.33. The van der Waals surface area contributed by atoms with Gasteiger partial charge in [-0.3, -0.25) is 0 Å². The fraction of sp³-hybridized carbons (Fsp3) is 0.0769. The third-order valence-corrected chi connectivity index (χ3v) is 2.29. The largest absolute Gasteiger partial charge is 0.204 e. The van der Waals surface area contributed by atoms with Gasteiger partial charge in [0.25, 0.3) is 0 Å². The van der Waals surface area contributed by atoms with Crippen molar-refractivity contribution >= 4 is 0 Å². The standard InChI is InChI=1S/C13H9F2/c1-9-5-2-3-6-10(9)11-7-4-8-12(14)13(11)15/h2-5,7-8H,1H3. The topological polar surface area (TPSA) is 0 Å². The highest BCUT2D eigenvalue weighted by molar-refractivity contribution is 5.67. The number of rotatable bonds is 1. The Morgan fingerprint density at radius 2 is 1.87 bits per heavy atom. The number of hydrogen-bond donors (Lipinski definition) is 0. The van der Waals surface area contributed by atoms with E-state index in [4.69, 9.17) is 0 Å². The molecule has 75 valence electrons. The van der Waals surface area contributed by atoms with E-state index in [9.17, 15) is 8.78 Å². The van der Waals surface area contributed by atoms with Crippen LogP contribution in [0.15, 0.2) is 36.4 Å². The van der Waals surface area contributed by atoms with Crippen LogP contribution in [0, 0.1) is 24.6 Å². The third kappa shape index (κ3) is 1.75. The van der Waals surface area contributed by atoms with Crippen molar-refractivity contribution in [3.63, 3.8) is 0 Å². The van der Waals surface area contributed by atoms with Crippen molar-refractivity contribution in [2.75, 3.05) is 0 Å². The van der Waals surface area contributed by atoms with Gasteiger partial charge in [-0.05, 0) is 30.2 Å². The van der Waals surface area contributed by atoms with Crippen LogP contribution in [0.1, 0.15) is 5.56 Å². The van der Waals surface area contributed by atoms with Gasteiger partial charge in [-0.2, -0.15) is 0 Å². The summed E-state index contributed by atoms with van der Waals surface area (Å²) in [5.41, 5.74) is 1.74. The van der Waals surface area contributed by atoms with Crippen molar-refractivity contribution in [2.24, 2.45) is 0 Å². The minimum atomic E-state index is -0.829. The number of halogens is 2. The monoisotopic (exact) mass is 203 g/mol. The second kappa shape index (κ2) is 3.81. The van der Waals surface area contributed by atoms with Crippen LogP contribution >= 0.6 is 0 Å². The van der Waals surface area contributed by atoms with Crippen LogP contribution in [0.3, 0.4) is 0 Å². The van der Waals surface area contributed by atoms with Gasteiger partial charge in [-0.25, -0.2) is 8.78 Å². The molecule has 0 saturated heterocycles. The van der Waals surface area contributed by atoms with Crippen molar-refractivity contribution in [3.05, 3.63) is 59.7 Å². The van der Waals surface area contributed by atoms with Crippen molar-refractivity contribution in [2.45, 2.75) is 6.92 Å². The lowest BCUT2D eigenvalue weighted by atomic mass is 10.0. The maximum Gasteiger partial charge on any atom is 0.166 e. The van der Waals surface area contributed by atoms with Gasteiger partial charge < -0.3 is 0 Å². The first-order valence-corrected chi connectivity index (χ1v) is 4.62. The summed E-state index contributed by atoms with van der Waals surface area (Å²) in [4.78, 5) is 0. The molecule has 0 nitrogen and oxygen atoms in total. The maximum atomic E-state index is 13.5. The molecule has 15 heavy (non-hydrogen) atoms. The average Bonchev–Trinajstić information content (AvgIpc) is 2.23. The average molecular weight is 203 g/mol. The van der Waals surface area contributed by atoms with Gasteiger partial charge in [0.2, 0.25) is 0 Å². The molecule has 0 heterocycles. The molecule has 1 radical (unpaired) electrons. The highest BCUT2D eigenvalue weighted by Gasteiger charge is 2.10. The van der Waals surface area contributed by atoms with E-state index in [1.54, 1.807) is 12.1 Å². The minimum absolute atomic E-state index is 0.258. The van der Waals surface area contributed by atoms with E-state index in [1.807, 2.05) is 19.1 Å². The molecule has 0 N–H and O–H groups in total. The van der Waals surface area contributed by atoms with Crippen LogP contribution in [0.4, 0.5) is 8.78 Å². The van der Waals surface area contributed by atoms with Crippen LogP contribution in [-0.2, 0) is 0 Å². The van der Waals surface area contributed by atoms with Gasteiger partial charge in [-0.15, -0.1) is 0 Å². The first kappa shape index (κ1) is 9.84. The molecule has 2 rings (SSSR count). The van der Waals surface area contributed by atoms with E-state index in [0.717, 1.165) is 11.6 Å². The molecule has 0 fully saturated rings. The van der Waals surface area contributed by atoms with Crippen LogP contribution in [0.2, 0.25) is 0 Å². The SMILES string of the molecule is Cc1ccc[c]c1-c1cccc(F)c1F. The summed E-state index contributed by atoms with van der Waals surface area (Å²) < 4.78 is 26.5. The Bertz CT molecular complexity index is 490. The minimum Gasteiger partial charge on any atom is -0.204 e. The molecule has 0 spiro atoms. The Labute approximate surface area is 87.2 Å². The lowest BCUT2D eigenvalue weighted by molar-refractivity contribution is 0.511. The van der Waals surface area contributed by atoms with Gasteiger partial charge >= 0.3 is 0 Å². The van der Waals surface area contributed by atoms with Gasteiger partial charge in [0.05, 0.1) is 0 Å². The second-order valence-electron chi connectivity index (χ2n) is 3.33. The Hall–Kier alpha value is -1.70. The maximum absolute atomic E-state index is 13.5. The number of hydrogen-bond acceptors (Lipinski definition) is 0. The summed E-state index contributed by atoms with van der Waals surface area (Å²) in [6.45, 7) is 1.84. The van der Waals surface area contributed by atoms with Crippen molar-refractivity contribution in [1.29, 1.82) is 0 Å². The van der Waals surface area contributed by atoms with Crippen LogP contribution < -0.4 is 0 Å². The Balaban J connectivity index is 2.65. The number of aryl methyl sites for hydroxylation is 1. The van der Waals surface area contributed by atoms with Gasteiger partial charge in [0.1, 0.15) is 0 Å². The Morgan fingerprint density at radius 3 is 2.60 bits per heavy atom. The zero-order chi connectivity index (χ0) is 10.8. The van der Waals surface area contributed by atoms with Gasteiger partial charge in [0.15, 0.2) is 11.6 Å². The first-order valence-electron chi connectivity index (χ1n) is 4.62. The van der Waals surface area contributed by atoms with Crippen molar-refractivity contribution < 1.29 is 8.78 Å². The molecule has 0 aliphatic rings. The van der Waals surface area contributed by atoms with Crippen LogP contribution in [-0.4, -0.2) is 0 Å². The quantitative estimate of drug-likeness (QED) is 0.662. The molecule has 2 aromatic carbocycles. The lowest BCUT2D eigenvalue weighted by Crippen LogP contribution is -1.91. The molecule has 0 saturated carbocycles. The summed E-state index contributed by atoms with van der Waals surface area (Å²) in [5.74, 6) is -1.65. The van der Waals surface area contributed by atoms with Crippen LogP contribution in [0.5, 0.6) is 0 Å². The molecule has 0 bridgehead atoms. The molecular weight excluding hydrogens is 194 g/mol. The van der Waals surface area contributed by atoms with Crippen LogP contribution in [0.25, 0.3) is 11.1 Å². The van der Waals surface area contributed by atoms with E-state index >= 15 is 0 Å². The highest BCUT2D eigenvalue weighted by Crippen LogP contribution is 2.26. The molecule has 0 unspecified atom stereocenters. The smallest absolute Gasteiger partial charge is 0.166 e. The summed E-state index contributed by atoms with van der Waals surface area (Å²) >= 11 is 0. The lowest BCUT2D eigenvalue weighted by Gasteiger charge is -2.06. The summed E-state index contributed by atoms with van der Waals surface area (Å²) in [5, 5.41) is 0. The fourth-order valence-corrected chi connectivity index (χ4v) is 1.51. The zero-order valence-corrected chi connectivity index (χ0v) is 8.22. The van der Waals surface area contributed by atoms with E-state index < -0.39 is 11.6 Å². The first-order chi connectivity index (χ1) is 7.20. The van der Waals surface area contributed by atoms with E-state index in [-0.39, 0.29) is 5.56 Å². The Morgan fingerprint density at radius 1 is 1.07 bits per heavy atom. The van der Waals surface area contributed by atoms with E-state index in [0.29, 0.717) is 5.56 Å². The van der Waals surface area contributed by atoms with Crippen molar-refractivity contribution in [1.82, 2.24) is 0 Å². The van der Waals surface area contributed by atoms with E-state index in [2.05, 4.69) is 6.07 Å². The summed E-state index contributed by atoms with van der Waals surface area (Å²) in [6, 6.07) is 12.4. The zero-order valence-electron chi connectivity index (χ0n) is 8.22.